The summed E-state index contributed by atoms with van der Waals surface area (Å²) in [5.41, 5.74) is 5.80. The number of carbonyl (C=O) groups is 1. The van der Waals surface area contributed by atoms with E-state index in [-0.39, 0.29) is 5.91 Å². The van der Waals surface area contributed by atoms with Gasteiger partial charge in [-0.25, -0.2) is 4.98 Å². The normalized spacial score (nSPS) is 10.6. The van der Waals surface area contributed by atoms with Crippen molar-refractivity contribution in [1.29, 1.82) is 0 Å². The molecule has 2 aromatic heterocycles. The smallest absolute Gasteiger partial charge is 0.271 e. The fourth-order valence-corrected chi connectivity index (χ4v) is 1.59. The van der Waals surface area contributed by atoms with Crippen LogP contribution in [-0.2, 0) is 13.1 Å². The lowest BCUT2D eigenvalue weighted by Gasteiger charge is -2.00. The van der Waals surface area contributed by atoms with Gasteiger partial charge >= 0.3 is 0 Å². The van der Waals surface area contributed by atoms with E-state index in [1.54, 1.807) is 17.1 Å². The number of nitrogens with two attached hydrogens (primary N) is 1. The summed E-state index contributed by atoms with van der Waals surface area (Å²) in [5.74, 6) is 1.33. The van der Waals surface area contributed by atoms with Gasteiger partial charge in [0.2, 0.25) is 0 Å². The Hall–Kier alpha value is -2.08. The number of amides is 1. The molecule has 2 rings (SSSR count). The zero-order chi connectivity index (χ0) is 13.0. The maximum atomic E-state index is 11.8. The first-order valence-electron chi connectivity index (χ1n) is 5.74. The lowest BCUT2D eigenvalue weighted by Crippen LogP contribution is -2.22. The van der Waals surface area contributed by atoms with Crippen molar-refractivity contribution in [1.82, 2.24) is 14.9 Å². The Balaban J connectivity index is 1.90. The van der Waals surface area contributed by atoms with E-state index in [0.29, 0.717) is 25.3 Å². The van der Waals surface area contributed by atoms with Crippen LogP contribution in [0.1, 0.15) is 22.0 Å². The summed E-state index contributed by atoms with van der Waals surface area (Å²) in [4.78, 5) is 15.8. The number of aryl methyl sites for hydroxylation is 1. The SMILES string of the molecule is Cc1ccc(CNC(=O)c2cn(CCN)cn2)o1. The van der Waals surface area contributed by atoms with Crippen molar-refractivity contribution in [3.8, 4) is 0 Å². The van der Waals surface area contributed by atoms with Crippen molar-refractivity contribution >= 4 is 5.91 Å². The van der Waals surface area contributed by atoms with E-state index in [1.165, 1.54) is 0 Å². The van der Waals surface area contributed by atoms with Gasteiger partial charge in [0.25, 0.3) is 5.91 Å². The van der Waals surface area contributed by atoms with Gasteiger partial charge in [0, 0.05) is 19.3 Å². The summed E-state index contributed by atoms with van der Waals surface area (Å²) < 4.78 is 7.14. The summed E-state index contributed by atoms with van der Waals surface area (Å²) in [6, 6.07) is 3.69. The van der Waals surface area contributed by atoms with E-state index >= 15 is 0 Å². The lowest BCUT2D eigenvalue weighted by atomic mass is 10.4. The van der Waals surface area contributed by atoms with E-state index < -0.39 is 0 Å². The number of imidazole rings is 1. The van der Waals surface area contributed by atoms with Crippen LogP contribution in [0.3, 0.4) is 0 Å². The fourth-order valence-electron chi connectivity index (χ4n) is 1.59. The average Bonchev–Trinajstić information content (AvgIpc) is 2.96. The molecule has 18 heavy (non-hydrogen) atoms. The van der Waals surface area contributed by atoms with Crippen molar-refractivity contribution in [2.45, 2.75) is 20.0 Å². The third-order valence-electron chi connectivity index (χ3n) is 2.47. The molecule has 0 unspecified atom stereocenters. The molecule has 0 aliphatic rings. The number of carbonyl (C=O) groups excluding carboxylic acids is 1. The monoisotopic (exact) mass is 248 g/mol. The minimum absolute atomic E-state index is 0.222. The molecule has 0 radical (unpaired) electrons. The van der Waals surface area contributed by atoms with Gasteiger partial charge < -0.3 is 20.0 Å². The van der Waals surface area contributed by atoms with E-state index in [4.69, 9.17) is 10.2 Å². The number of furan rings is 1. The van der Waals surface area contributed by atoms with Crippen LogP contribution in [-0.4, -0.2) is 22.0 Å². The molecule has 0 saturated heterocycles. The minimum Gasteiger partial charge on any atom is -0.465 e. The Morgan fingerprint density at radius 3 is 3.06 bits per heavy atom. The van der Waals surface area contributed by atoms with Crippen molar-refractivity contribution in [2.75, 3.05) is 6.54 Å². The molecule has 6 heteroatoms. The Labute approximate surface area is 105 Å². The third-order valence-corrected chi connectivity index (χ3v) is 2.47. The molecular formula is C12H16N4O2. The third kappa shape index (κ3) is 2.98. The van der Waals surface area contributed by atoms with E-state index in [2.05, 4.69) is 10.3 Å². The number of rotatable bonds is 5. The summed E-state index contributed by atoms with van der Waals surface area (Å²) in [6.07, 6.45) is 3.27. The maximum absolute atomic E-state index is 11.8. The molecule has 2 aromatic rings. The molecular weight excluding hydrogens is 232 g/mol. The maximum Gasteiger partial charge on any atom is 0.271 e. The van der Waals surface area contributed by atoms with Gasteiger partial charge in [-0.05, 0) is 19.1 Å². The number of nitrogens with one attached hydrogen (secondary N) is 1. The molecule has 96 valence electrons. The number of aromatic nitrogens is 2. The first kappa shape index (κ1) is 12.4. The lowest BCUT2D eigenvalue weighted by molar-refractivity contribution is 0.0943. The molecule has 0 bridgehead atoms. The van der Waals surface area contributed by atoms with E-state index in [1.807, 2.05) is 19.1 Å². The highest BCUT2D eigenvalue weighted by Crippen LogP contribution is 2.06. The quantitative estimate of drug-likeness (QED) is 0.814. The highest BCUT2D eigenvalue weighted by atomic mass is 16.3. The molecule has 0 aromatic carbocycles. The highest BCUT2D eigenvalue weighted by molar-refractivity contribution is 5.91. The standard InChI is InChI=1S/C12H16N4O2/c1-9-2-3-10(18-9)6-14-12(17)11-7-16(5-4-13)8-15-11/h2-3,7-8H,4-6,13H2,1H3,(H,14,17). The molecule has 0 saturated carbocycles. The number of nitrogens with zero attached hydrogens (tertiary/aromatic N) is 2. The van der Waals surface area contributed by atoms with Crippen molar-refractivity contribution < 1.29 is 9.21 Å². The minimum atomic E-state index is -0.222. The Morgan fingerprint density at radius 1 is 1.56 bits per heavy atom. The molecule has 2 heterocycles. The summed E-state index contributed by atoms with van der Waals surface area (Å²) in [7, 11) is 0. The molecule has 0 aliphatic heterocycles. The highest BCUT2D eigenvalue weighted by Gasteiger charge is 2.09. The molecule has 0 spiro atoms. The first-order chi connectivity index (χ1) is 8.69. The van der Waals surface area contributed by atoms with Crippen LogP contribution in [0.4, 0.5) is 0 Å². The summed E-state index contributed by atoms with van der Waals surface area (Å²) >= 11 is 0. The van der Waals surface area contributed by atoms with Crippen molar-refractivity contribution in [2.24, 2.45) is 5.73 Å². The van der Waals surface area contributed by atoms with Gasteiger partial charge in [0.05, 0.1) is 12.9 Å². The Bertz CT molecular complexity index is 530. The van der Waals surface area contributed by atoms with Crippen LogP contribution in [0.25, 0.3) is 0 Å². The van der Waals surface area contributed by atoms with Crippen molar-refractivity contribution in [3.05, 3.63) is 41.9 Å². The first-order valence-corrected chi connectivity index (χ1v) is 5.74. The van der Waals surface area contributed by atoms with Crippen LogP contribution >= 0.6 is 0 Å². The van der Waals surface area contributed by atoms with Gasteiger partial charge in [-0.15, -0.1) is 0 Å². The predicted octanol–water partition coefficient (Wildman–Crippen LogP) is 0.673. The molecule has 0 aliphatic carbocycles. The second-order valence-corrected chi connectivity index (χ2v) is 3.98. The molecule has 3 N–H and O–H groups in total. The second-order valence-electron chi connectivity index (χ2n) is 3.98. The fraction of sp³-hybridized carbons (Fsp3) is 0.333. The van der Waals surface area contributed by atoms with Gasteiger partial charge in [0.1, 0.15) is 17.2 Å². The van der Waals surface area contributed by atoms with Crippen LogP contribution in [0, 0.1) is 6.92 Å². The van der Waals surface area contributed by atoms with Gasteiger partial charge in [-0.1, -0.05) is 0 Å². The zero-order valence-corrected chi connectivity index (χ0v) is 10.2. The number of hydrogen-bond donors (Lipinski definition) is 2. The second kappa shape index (κ2) is 5.50. The van der Waals surface area contributed by atoms with Crippen LogP contribution in [0.15, 0.2) is 29.1 Å². The van der Waals surface area contributed by atoms with Gasteiger partial charge in [-0.3, -0.25) is 4.79 Å². The van der Waals surface area contributed by atoms with Gasteiger partial charge in [-0.2, -0.15) is 0 Å². The largest absolute Gasteiger partial charge is 0.465 e. The zero-order valence-electron chi connectivity index (χ0n) is 10.2. The van der Waals surface area contributed by atoms with Crippen LogP contribution < -0.4 is 11.1 Å². The van der Waals surface area contributed by atoms with E-state index in [0.717, 1.165) is 11.5 Å². The van der Waals surface area contributed by atoms with Crippen LogP contribution in [0.2, 0.25) is 0 Å². The van der Waals surface area contributed by atoms with Gasteiger partial charge in [0.15, 0.2) is 0 Å². The molecule has 0 fully saturated rings. The summed E-state index contributed by atoms with van der Waals surface area (Å²) in [6.45, 7) is 3.39. The molecule has 6 nitrogen and oxygen atoms in total. The van der Waals surface area contributed by atoms with E-state index in [9.17, 15) is 4.79 Å². The van der Waals surface area contributed by atoms with Crippen molar-refractivity contribution in [3.63, 3.8) is 0 Å². The number of hydrogen-bond acceptors (Lipinski definition) is 4. The average molecular weight is 248 g/mol. The van der Waals surface area contributed by atoms with Crippen LogP contribution in [0.5, 0.6) is 0 Å². The summed E-state index contributed by atoms with van der Waals surface area (Å²) in [5, 5.41) is 2.74. The Kier molecular flexibility index (Phi) is 3.78. The molecule has 0 atom stereocenters. The predicted molar refractivity (Wildman–Crippen MR) is 65.9 cm³/mol. The molecule has 1 amide bonds. The Morgan fingerprint density at radius 2 is 2.39 bits per heavy atom. The topological polar surface area (TPSA) is 86.1 Å².